The summed E-state index contributed by atoms with van der Waals surface area (Å²) in [6.45, 7) is 5.07. The van der Waals surface area contributed by atoms with Crippen LogP contribution in [0.15, 0.2) is 0 Å². The molecule has 0 nitrogen and oxygen atoms in total. The van der Waals surface area contributed by atoms with Crippen molar-refractivity contribution < 1.29 is 0 Å². The van der Waals surface area contributed by atoms with E-state index in [1.165, 1.54) is 96.3 Å². The van der Waals surface area contributed by atoms with Gasteiger partial charge < -0.3 is 0 Å². The molecule has 2 unspecified atom stereocenters. The van der Waals surface area contributed by atoms with Gasteiger partial charge in [-0.25, -0.2) is 0 Å². The predicted molar refractivity (Wildman–Crippen MR) is 94.6 cm³/mol. The van der Waals surface area contributed by atoms with E-state index in [2.05, 4.69) is 13.8 Å². The van der Waals surface area contributed by atoms with Gasteiger partial charge in [0.1, 0.15) is 0 Å². The molecule has 2 fully saturated rings. The molecule has 0 aromatic carbocycles. The minimum atomic E-state index is 0.967. The third-order valence-corrected chi connectivity index (χ3v) is 6.23. The minimum absolute atomic E-state index is 0.967. The van der Waals surface area contributed by atoms with Crippen LogP contribution >= 0.6 is 0 Å². The molecule has 0 spiro atoms. The van der Waals surface area contributed by atoms with Crippen LogP contribution in [-0.2, 0) is 0 Å². The Morgan fingerprint density at radius 2 is 0.905 bits per heavy atom. The Morgan fingerprint density at radius 1 is 0.571 bits per heavy atom. The second-order valence-electron chi connectivity index (χ2n) is 8.63. The molecule has 0 N–H and O–H groups in total. The molecule has 0 bridgehead atoms. The van der Waals surface area contributed by atoms with Gasteiger partial charge in [-0.1, -0.05) is 90.9 Å². The summed E-state index contributed by atoms with van der Waals surface area (Å²) in [7, 11) is 0. The quantitative estimate of drug-likeness (QED) is 0.448. The van der Waals surface area contributed by atoms with Crippen molar-refractivity contribution >= 4 is 0 Å². The predicted octanol–water partition coefficient (Wildman–Crippen LogP) is 7.37. The van der Waals surface area contributed by atoms with E-state index >= 15 is 0 Å². The van der Waals surface area contributed by atoms with Crippen molar-refractivity contribution in [1.29, 1.82) is 0 Å². The van der Waals surface area contributed by atoms with Crippen molar-refractivity contribution in [3.05, 3.63) is 0 Å². The van der Waals surface area contributed by atoms with Gasteiger partial charge in [0.2, 0.25) is 0 Å². The first-order chi connectivity index (χ1) is 10.2. The average Bonchev–Trinajstić information content (AvgIpc) is 2.83. The van der Waals surface area contributed by atoms with Crippen molar-refractivity contribution in [2.24, 2.45) is 23.7 Å². The summed E-state index contributed by atoms with van der Waals surface area (Å²) in [5.41, 5.74) is 0. The van der Waals surface area contributed by atoms with Gasteiger partial charge in [-0.3, -0.25) is 0 Å². The fourth-order valence-electron chi connectivity index (χ4n) is 5.22. The van der Waals surface area contributed by atoms with E-state index in [-0.39, 0.29) is 0 Å². The first kappa shape index (κ1) is 17.4. The maximum Gasteiger partial charge on any atom is -0.0412 e. The van der Waals surface area contributed by atoms with Crippen LogP contribution in [0.4, 0.5) is 0 Å². The zero-order valence-corrected chi connectivity index (χ0v) is 14.9. The van der Waals surface area contributed by atoms with Gasteiger partial charge in [-0.2, -0.15) is 0 Å². The zero-order chi connectivity index (χ0) is 14.9. The molecule has 21 heavy (non-hydrogen) atoms. The van der Waals surface area contributed by atoms with Crippen LogP contribution in [0.5, 0.6) is 0 Å². The number of rotatable bonds is 6. The van der Waals surface area contributed by atoms with Gasteiger partial charge in [0.05, 0.1) is 0 Å². The molecule has 2 atom stereocenters. The average molecular weight is 293 g/mol. The van der Waals surface area contributed by atoms with Gasteiger partial charge in [0.15, 0.2) is 0 Å². The fraction of sp³-hybridized carbons (Fsp3) is 1.00. The summed E-state index contributed by atoms with van der Waals surface area (Å²) < 4.78 is 0. The highest BCUT2D eigenvalue weighted by Gasteiger charge is 2.20. The van der Waals surface area contributed by atoms with E-state index in [9.17, 15) is 0 Å². The lowest BCUT2D eigenvalue weighted by molar-refractivity contribution is 0.273. The van der Waals surface area contributed by atoms with Crippen molar-refractivity contribution in [3.8, 4) is 0 Å². The van der Waals surface area contributed by atoms with Crippen LogP contribution in [-0.4, -0.2) is 0 Å². The van der Waals surface area contributed by atoms with E-state index in [0.717, 1.165) is 23.7 Å². The Labute approximate surface area is 134 Å². The summed E-state index contributed by atoms with van der Waals surface area (Å²) in [6, 6.07) is 0. The molecular weight excluding hydrogens is 252 g/mol. The molecule has 0 aliphatic heterocycles. The Bertz CT molecular complexity index is 215. The Morgan fingerprint density at radius 3 is 1.24 bits per heavy atom. The van der Waals surface area contributed by atoms with E-state index in [0.29, 0.717) is 0 Å². The molecule has 2 aliphatic rings. The van der Waals surface area contributed by atoms with E-state index < -0.39 is 0 Å². The lowest BCUT2D eigenvalue weighted by Gasteiger charge is -2.24. The van der Waals surface area contributed by atoms with Crippen molar-refractivity contribution in [3.63, 3.8) is 0 Å². The topological polar surface area (TPSA) is 0 Å². The standard InChI is InChI=1S/C21H40/c1-18(16-20-11-7-3-4-8-12-20)15-19(2)17-21-13-9-5-6-10-14-21/h18-21H,3-17H2,1-2H3. The van der Waals surface area contributed by atoms with Crippen molar-refractivity contribution in [2.45, 2.75) is 110 Å². The fourth-order valence-corrected chi connectivity index (χ4v) is 5.22. The van der Waals surface area contributed by atoms with Gasteiger partial charge in [0.25, 0.3) is 0 Å². The normalized spacial score (nSPS) is 26.0. The van der Waals surface area contributed by atoms with Crippen LogP contribution in [0, 0.1) is 23.7 Å². The van der Waals surface area contributed by atoms with E-state index in [1.54, 1.807) is 0 Å². The molecule has 124 valence electrons. The Kier molecular flexibility index (Phi) is 8.19. The maximum atomic E-state index is 2.54. The molecule has 0 aromatic heterocycles. The van der Waals surface area contributed by atoms with Crippen molar-refractivity contribution in [1.82, 2.24) is 0 Å². The molecule has 0 saturated heterocycles. The Balaban J connectivity index is 1.64. The second kappa shape index (κ2) is 9.90. The van der Waals surface area contributed by atoms with Gasteiger partial charge in [0, 0.05) is 0 Å². The lowest BCUT2D eigenvalue weighted by atomic mass is 9.81. The second-order valence-corrected chi connectivity index (χ2v) is 8.63. The number of hydrogen-bond acceptors (Lipinski definition) is 0. The summed E-state index contributed by atoms with van der Waals surface area (Å²) in [6.07, 6.45) is 22.7. The summed E-state index contributed by atoms with van der Waals surface area (Å²) in [5, 5.41) is 0. The molecular formula is C21H40. The first-order valence-corrected chi connectivity index (χ1v) is 10.2. The van der Waals surface area contributed by atoms with Crippen LogP contribution in [0.3, 0.4) is 0 Å². The van der Waals surface area contributed by atoms with Crippen LogP contribution in [0.1, 0.15) is 110 Å². The monoisotopic (exact) mass is 292 g/mol. The third-order valence-electron chi connectivity index (χ3n) is 6.23. The molecule has 0 aromatic rings. The molecule has 2 aliphatic carbocycles. The SMILES string of the molecule is CC(CC(C)CC1CCCCCC1)CC1CCCCCC1. The van der Waals surface area contributed by atoms with Gasteiger partial charge in [-0.05, 0) is 42.9 Å². The van der Waals surface area contributed by atoms with Crippen LogP contribution < -0.4 is 0 Å². The molecule has 2 saturated carbocycles. The van der Waals surface area contributed by atoms with Crippen LogP contribution in [0.2, 0.25) is 0 Å². The zero-order valence-electron chi connectivity index (χ0n) is 14.9. The highest BCUT2D eigenvalue weighted by Crippen LogP contribution is 2.33. The van der Waals surface area contributed by atoms with Gasteiger partial charge >= 0.3 is 0 Å². The van der Waals surface area contributed by atoms with E-state index in [1.807, 2.05) is 0 Å². The highest BCUT2D eigenvalue weighted by atomic mass is 14.3. The summed E-state index contributed by atoms with van der Waals surface area (Å²) >= 11 is 0. The summed E-state index contributed by atoms with van der Waals surface area (Å²) in [4.78, 5) is 0. The molecule has 0 radical (unpaired) electrons. The summed E-state index contributed by atoms with van der Waals surface area (Å²) in [5.74, 6) is 4.06. The van der Waals surface area contributed by atoms with E-state index in [4.69, 9.17) is 0 Å². The minimum Gasteiger partial charge on any atom is -0.0625 e. The molecule has 0 heterocycles. The number of hydrogen-bond donors (Lipinski definition) is 0. The van der Waals surface area contributed by atoms with Crippen LogP contribution in [0.25, 0.3) is 0 Å². The molecule has 2 rings (SSSR count). The third kappa shape index (κ3) is 7.20. The lowest BCUT2D eigenvalue weighted by Crippen LogP contribution is -2.12. The van der Waals surface area contributed by atoms with Gasteiger partial charge in [-0.15, -0.1) is 0 Å². The Hall–Kier alpha value is 0. The highest BCUT2D eigenvalue weighted by molar-refractivity contribution is 4.72. The smallest absolute Gasteiger partial charge is 0.0412 e. The first-order valence-electron chi connectivity index (χ1n) is 10.2. The van der Waals surface area contributed by atoms with Crippen molar-refractivity contribution in [2.75, 3.05) is 0 Å². The molecule has 0 amide bonds. The largest absolute Gasteiger partial charge is 0.0625 e. The molecule has 0 heteroatoms. The maximum absolute atomic E-state index is 2.54.